The molecule has 0 aliphatic rings. The van der Waals surface area contributed by atoms with E-state index in [1.807, 2.05) is 18.2 Å². The highest BCUT2D eigenvalue weighted by Crippen LogP contribution is 2.10. The number of nitrogens with one attached hydrogen (secondary N) is 1. The summed E-state index contributed by atoms with van der Waals surface area (Å²) in [6, 6.07) is 15.9. The molecule has 0 aliphatic carbocycles. The normalized spacial score (nSPS) is 10.3. The van der Waals surface area contributed by atoms with Gasteiger partial charge in [-0.1, -0.05) is 42.5 Å². The largest absolute Gasteiger partial charge is 0.356 e. The van der Waals surface area contributed by atoms with E-state index in [1.54, 1.807) is 6.07 Å². The van der Waals surface area contributed by atoms with Crippen molar-refractivity contribution >= 4 is 11.7 Å². The number of ketones is 1. The van der Waals surface area contributed by atoms with Gasteiger partial charge in [-0.15, -0.1) is 0 Å². The minimum absolute atomic E-state index is 0.0193. The minimum atomic E-state index is -0.541. The first-order valence-electron chi connectivity index (χ1n) is 7.75. The van der Waals surface area contributed by atoms with Crippen molar-refractivity contribution in [2.75, 3.05) is 6.54 Å². The number of rotatable bonds is 8. The zero-order valence-corrected chi connectivity index (χ0v) is 12.9. The summed E-state index contributed by atoms with van der Waals surface area (Å²) in [6.45, 7) is 0.571. The standard InChI is InChI=1S/C19H20FNO2/c20-17-11-5-4-10-16(17)18(22)12-13-19(23)21-14-6-9-15-7-2-1-3-8-15/h1-5,7-8,10-11H,6,9,12-14H2,(H,21,23). The number of hydrogen-bond donors (Lipinski definition) is 1. The van der Waals surface area contributed by atoms with E-state index < -0.39 is 5.82 Å². The van der Waals surface area contributed by atoms with Crippen LogP contribution in [0.1, 0.15) is 35.2 Å². The minimum Gasteiger partial charge on any atom is -0.356 e. The van der Waals surface area contributed by atoms with Crippen LogP contribution in [0, 0.1) is 5.82 Å². The van der Waals surface area contributed by atoms with Crippen LogP contribution in [0.4, 0.5) is 4.39 Å². The molecule has 0 aliphatic heterocycles. The van der Waals surface area contributed by atoms with E-state index in [2.05, 4.69) is 17.4 Å². The number of aryl methyl sites for hydroxylation is 1. The van der Waals surface area contributed by atoms with E-state index in [4.69, 9.17) is 0 Å². The number of hydrogen-bond acceptors (Lipinski definition) is 2. The number of carbonyl (C=O) groups is 2. The van der Waals surface area contributed by atoms with Crippen molar-refractivity contribution in [3.8, 4) is 0 Å². The Morgan fingerprint density at radius 2 is 1.61 bits per heavy atom. The van der Waals surface area contributed by atoms with Gasteiger partial charge in [0.2, 0.25) is 5.91 Å². The number of carbonyl (C=O) groups excluding carboxylic acids is 2. The first-order valence-corrected chi connectivity index (χ1v) is 7.75. The van der Waals surface area contributed by atoms with E-state index >= 15 is 0 Å². The van der Waals surface area contributed by atoms with Gasteiger partial charge in [0.15, 0.2) is 5.78 Å². The molecule has 0 saturated carbocycles. The van der Waals surface area contributed by atoms with Crippen LogP contribution in [0.5, 0.6) is 0 Å². The van der Waals surface area contributed by atoms with Crippen molar-refractivity contribution in [3.05, 3.63) is 71.5 Å². The first kappa shape index (κ1) is 16.9. The van der Waals surface area contributed by atoms with E-state index in [9.17, 15) is 14.0 Å². The van der Waals surface area contributed by atoms with E-state index in [0.717, 1.165) is 12.8 Å². The average Bonchev–Trinajstić information content (AvgIpc) is 2.58. The van der Waals surface area contributed by atoms with Crippen molar-refractivity contribution in [1.82, 2.24) is 5.32 Å². The smallest absolute Gasteiger partial charge is 0.220 e. The average molecular weight is 313 g/mol. The maximum absolute atomic E-state index is 13.5. The maximum Gasteiger partial charge on any atom is 0.220 e. The summed E-state index contributed by atoms with van der Waals surface area (Å²) in [5, 5.41) is 2.79. The van der Waals surface area contributed by atoms with Crippen molar-refractivity contribution in [3.63, 3.8) is 0 Å². The highest BCUT2D eigenvalue weighted by molar-refractivity contribution is 5.98. The third kappa shape index (κ3) is 5.66. The molecule has 2 aromatic rings. The van der Waals surface area contributed by atoms with Gasteiger partial charge in [-0.05, 0) is 30.5 Å². The first-order chi connectivity index (χ1) is 11.2. The Balaban J connectivity index is 1.65. The van der Waals surface area contributed by atoms with Gasteiger partial charge in [0.05, 0.1) is 5.56 Å². The van der Waals surface area contributed by atoms with Gasteiger partial charge in [0.25, 0.3) is 0 Å². The molecule has 4 heteroatoms. The summed E-state index contributed by atoms with van der Waals surface area (Å²) >= 11 is 0. The highest BCUT2D eigenvalue weighted by atomic mass is 19.1. The summed E-state index contributed by atoms with van der Waals surface area (Å²) in [5.41, 5.74) is 1.28. The lowest BCUT2D eigenvalue weighted by molar-refractivity contribution is -0.121. The Labute approximate surface area is 135 Å². The van der Waals surface area contributed by atoms with Crippen LogP contribution in [0.2, 0.25) is 0 Å². The lowest BCUT2D eigenvalue weighted by Crippen LogP contribution is -2.25. The SMILES string of the molecule is O=C(CCC(=O)c1ccccc1F)NCCCc1ccccc1. The zero-order chi connectivity index (χ0) is 16.5. The predicted octanol–water partition coefficient (Wildman–Crippen LogP) is 3.54. The molecule has 0 radical (unpaired) electrons. The Bertz CT molecular complexity index is 655. The third-order valence-electron chi connectivity index (χ3n) is 3.56. The molecule has 23 heavy (non-hydrogen) atoms. The molecule has 120 valence electrons. The number of Topliss-reactive ketones (excluding diaryl/α,β-unsaturated/α-hetero) is 1. The Morgan fingerprint density at radius 3 is 2.35 bits per heavy atom. The van der Waals surface area contributed by atoms with Crippen LogP contribution in [0.3, 0.4) is 0 Å². The number of amides is 1. The fourth-order valence-electron chi connectivity index (χ4n) is 2.30. The summed E-state index contributed by atoms with van der Waals surface area (Å²) < 4.78 is 13.5. The van der Waals surface area contributed by atoms with Gasteiger partial charge in [0.1, 0.15) is 5.82 Å². The quantitative estimate of drug-likeness (QED) is 0.598. The number of halogens is 1. The third-order valence-corrected chi connectivity index (χ3v) is 3.56. The van der Waals surface area contributed by atoms with E-state index in [1.165, 1.54) is 23.8 Å². The maximum atomic E-state index is 13.5. The van der Waals surface area contributed by atoms with Gasteiger partial charge in [-0.25, -0.2) is 4.39 Å². The molecule has 0 spiro atoms. The van der Waals surface area contributed by atoms with Crippen LogP contribution in [0.15, 0.2) is 54.6 Å². The molecular weight excluding hydrogens is 293 g/mol. The lowest BCUT2D eigenvalue weighted by atomic mass is 10.1. The molecule has 0 atom stereocenters. The molecule has 0 saturated heterocycles. The molecule has 0 unspecified atom stereocenters. The summed E-state index contributed by atoms with van der Waals surface area (Å²) in [7, 11) is 0. The van der Waals surface area contributed by atoms with Crippen molar-refractivity contribution < 1.29 is 14.0 Å². The van der Waals surface area contributed by atoms with Crippen molar-refractivity contribution in [2.45, 2.75) is 25.7 Å². The molecule has 1 N–H and O–H groups in total. The fourth-order valence-corrected chi connectivity index (χ4v) is 2.30. The summed E-state index contributed by atoms with van der Waals surface area (Å²) in [6.07, 6.45) is 1.84. The monoisotopic (exact) mass is 313 g/mol. The van der Waals surface area contributed by atoms with Crippen molar-refractivity contribution in [2.24, 2.45) is 0 Å². The molecular formula is C19H20FNO2. The topological polar surface area (TPSA) is 46.2 Å². The second-order valence-corrected chi connectivity index (χ2v) is 5.34. The summed E-state index contributed by atoms with van der Waals surface area (Å²) in [4.78, 5) is 23.6. The predicted molar refractivity (Wildman–Crippen MR) is 87.7 cm³/mol. The molecule has 0 bridgehead atoms. The zero-order valence-electron chi connectivity index (χ0n) is 12.9. The van der Waals surface area contributed by atoms with Gasteiger partial charge in [0, 0.05) is 19.4 Å². The number of benzene rings is 2. The molecule has 0 heterocycles. The highest BCUT2D eigenvalue weighted by Gasteiger charge is 2.12. The Kier molecular flexibility index (Phi) is 6.48. The molecule has 0 fully saturated rings. The van der Waals surface area contributed by atoms with Crippen LogP contribution in [0.25, 0.3) is 0 Å². The van der Waals surface area contributed by atoms with Crippen LogP contribution in [-0.4, -0.2) is 18.2 Å². The summed E-state index contributed by atoms with van der Waals surface area (Å²) in [5.74, 6) is -1.06. The second kappa shape index (κ2) is 8.83. The van der Waals surface area contributed by atoms with Crippen molar-refractivity contribution in [1.29, 1.82) is 0 Å². The Morgan fingerprint density at radius 1 is 0.913 bits per heavy atom. The lowest BCUT2D eigenvalue weighted by Gasteiger charge is -2.06. The molecule has 2 rings (SSSR count). The fraction of sp³-hybridized carbons (Fsp3) is 0.263. The van der Waals surface area contributed by atoms with E-state index in [-0.39, 0.29) is 30.1 Å². The second-order valence-electron chi connectivity index (χ2n) is 5.34. The molecule has 0 aromatic heterocycles. The van der Waals surface area contributed by atoms with E-state index in [0.29, 0.717) is 6.54 Å². The van der Waals surface area contributed by atoms with Gasteiger partial charge < -0.3 is 5.32 Å². The van der Waals surface area contributed by atoms with Gasteiger partial charge >= 0.3 is 0 Å². The van der Waals surface area contributed by atoms with Gasteiger partial charge in [-0.2, -0.15) is 0 Å². The van der Waals surface area contributed by atoms with Crippen LogP contribution < -0.4 is 5.32 Å². The van der Waals surface area contributed by atoms with Gasteiger partial charge in [-0.3, -0.25) is 9.59 Å². The molecule has 3 nitrogen and oxygen atoms in total. The molecule has 1 amide bonds. The molecule has 2 aromatic carbocycles. The van der Waals surface area contributed by atoms with Crippen LogP contribution in [-0.2, 0) is 11.2 Å². The van der Waals surface area contributed by atoms with Crippen LogP contribution >= 0.6 is 0 Å². The Hall–Kier alpha value is -2.49.